The van der Waals surface area contributed by atoms with Crippen molar-refractivity contribution in [2.24, 2.45) is 0 Å². The van der Waals surface area contributed by atoms with Crippen LogP contribution in [0.5, 0.6) is 0 Å². The Bertz CT molecular complexity index is 1100. The van der Waals surface area contributed by atoms with Crippen molar-refractivity contribution in [1.82, 2.24) is 0 Å². The first-order chi connectivity index (χ1) is 12.4. The second kappa shape index (κ2) is 6.43. The number of nitro groups is 2. The third-order valence-corrected chi connectivity index (χ3v) is 3.52. The summed E-state index contributed by atoms with van der Waals surface area (Å²) < 4.78 is 4.97. The molecule has 1 N–H and O–H groups in total. The maximum Gasteiger partial charge on any atom is 0.360 e. The summed E-state index contributed by atoms with van der Waals surface area (Å²) in [5, 5.41) is 24.2. The van der Waals surface area contributed by atoms with E-state index < -0.39 is 21.4 Å². The van der Waals surface area contributed by atoms with Crippen LogP contribution >= 0.6 is 0 Å². The number of carbonyl (C=O) groups is 1. The third-order valence-electron chi connectivity index (χ3n) is 3.52. The van der Waals surface area contributed by atoms with Crippen LogP contribution in [-0.4, -0.2) is 15.8 Å². The molecule has 10 heteroatoms. The molecule has 10 nitrogen and oxygen atoms in total. The highest BCUT2D eigenvalue weighted by Gasteiger charge is 2.18. The van der Waals surface area contributed by atoms with Gasteiger partial charge in [-0.2, -0.15) is 0 Å². The predicted octanol–water partition coefficient (Wildman–Crippen LogP) is 2.86. The molecule has 0 aliphatic rings. The number of non-ortho nitro benzene ring substituents is 2. The van der Waals surface area contributed by atoms with Gasteiger partial charge in [-0.3, -0.25) is 25.0 Å². The van der Waals surface area contributed by atoms with Gasteiger partial charge in [-0.1, -0.05) is 12.1 Å². The van der Waals surface area contributed by atoms with Crippen LogP contribution in [0.3, 0.4) is 0 Å². The third kappa shape index (κ3) is 3.11. The lowest BCUT2D eigenvalue weighted by Crippen LogP contribution is -2.17. The second-order valence-electron chi connectivity index (χ2n) is 5.16. The quantitative estimate of drug-likeness (QED) is 0.430. The Labute approximate surface area is 144 Å². The second-order valence-corrected chi connectivity index (χ2v) is 5.16. The molecule has 26 heavy (non-hydrogen) atoms. The first kappa shape index (κ1) is 16.8. The summed E-state index contributed by atoms with van der Waals surface area (Å²) >= 11 is 0. The van der Waals surface area contributed by atoms with Crippen LogP contribution in [0.2, 0.25) is 0 Å². The maximum absolute atomic E-state index is 12.2. The van der Waals surface area contributed by atoms with Crippen molar-refractivity contribution in [3.63, 3.8) is 0 Å². The van der Waals surface area contributed by atoms with Gasteiger partial charge in [0.15, 0.2) is 0 Å². The van der Waals surface area contributed by atoms with Gasteiger partial charge in [0, 0.05) is 29.1 Å². The van der Waals surface area contributed by atoms with Gasteiger partial charge in [0.2, 0.25) is 5.58 Å². The molecule has 0 fully saturated rings. The number of carbonyl (C=O) groups excluding carboxylic acids is 1. The molecule has 1 amide bonds. The van der Waals surface area contributed by atoms with E-state index in [0.717, 1.165) is 12.1 Å². The Morgan fingerprint density at radius 2 is 1.69 bits per heavy atom. The molecule has 1 heterocycles. The van der Waals surface area contributed by atoms with E-state index in [2.05, 4.69) is 5.32 Å². The van der Waals surface area contributed by atoms with E-state index in [4.69, 9.17) is 4.42 Å². The summed E-state index contributed by atoms with van der Waals surface area (Å²) in [5.74, 6) is -0.683. The number of fused-ring (bicyclic) bond motifs is 1. The minimum absolute atomic E-state index is 0.0918. The molecule has 0 bridgehead atoms. The van der Waals surface area contributed by atoms with E-state index in [1.54, 1.807) is 0 Å². The van der Waals surface area contributed by atoms with Gasteiger partial charge >= 0.3 is 11.3 Å². The fraction of sp³-hybridized carbons (Fsp3) is 0. The fourth-order valence-electron chi connectivity index (χ4n) is 2.29. The average molecular weight is 355 g/mol. The highest BCUT2D eigenvalue weighted by molar-refractivity contribution is 6.05. The lowest BCUT2D eigenvalue weighted by Gasteiger charge is -2.05. The zero-order chi connectivity index (χ0) is 18.8. The van der Waals surface area contributed by atoms with Gasteiger partial charge in [0.1, 0.15) is 5.69 Å². The normalized spacial score (nSPS) is 10.5. The maximum atomic E-state index is 12.2. The zero-order valence-corrected chi connectivity index (χ0v) is 12.9. The highest BCUT2D eigenvalue weighted by atomic mass is 16.6. The van der Waals surface area contributed by atoms with Crippen molar-refractivity contribution in [2.45, 2.75) is 0 Å². The zero-order valence-electron chi connectivity index (χ0n) is 12.9. The molecule has 3 rings (SSSR count). The largest absolute Gasteiger partial charge is 0.414 e. The van der Waals surface area contributed by atoms with Crippen LogP contribution in [0.15, 0.2) is 57.7 Å². The van der Waals surface area contributed by atoms with E-state index in [1.165, 1.54) is 36.4 Å². The summed E-state index contributed by atoms with van der Waals surface area (Å²) in [4.78, 5) is 44.5. The Morgan fingerprint density at radius 1 is 1.00 bits per heavy atom. The molecule has 0 aliphatic heterocycles. The molecule has 2 aromatic carbocycles. The van der Waals surface area contributed by atoms with E-state index in [-0.39, 0.29) is 33.6 Å². The number of para-hydroxylation sites is 1. The lowest BCUT2D eigenvalue weighted by atomic mass is 10.1. The average Bonchev–Trinajstić information content (AvgIpc) is 2.61. The van der Waals surface area contributed by atoms with Crippen molar-refractivity contribution in [1.29, 1.82) is 0 Å². The van der Waals surface area contributed by atoms with Crippen LogP contribution in [0.1, 0.15) is 10.4 Å². The Balaban J connectivity index is 1.94. The molecule has 1 aromatic heterocycles. The van der Waals surface area contributed by atoms with Gasteiger partial charge < -0.3 is 9.73 Å². The van der Waals surface area contributed by atoms with Crippen LogP contribution in [0.4, 0.5) is 17.1 Å². The lowest BCUT2D eigenvalue weighted by molar-refractivity contribution is -0.384. The molecular formula is C16H9N3O7. The number of anilines is 1. The van der Waals surface area contributed by atoms with Gasteiger partial charge in [0.25, 0.3) is 11.6 Å². The Hall–Kier alpha value is -4.08. The van der Waals surface area contributed by atoms with Crippen LogP contribution in [0.25, 0.3) is 11.0 Å². The molecule has 0 saturated heterocycles. The first-order valence-electron chi connectivity index (χ1n) is 7.14. The standard InChI is InChI=1S/C16H9N3O7/c20-15(9-4-6-11(7-5-9)18(22)23)17-12-8-10-2-1-3-13(19(24)25)14(10)26-16(12)21/h1-8H,(H,17,20). The molecule has 0 atom stereocenters. The monoisotopic (exact) mass is 355 g/mol. The summed E-state index contributed by atoms with van der Waals surface area (Å²) in [7, 11) is 0. The SMILES string of the molecule is O=C(Nc1cc2cccc([N+](=O)[O-])c2oc1=O)c1ccc([N+](=O)[O-])cc1. The number of nitro benzene ring substituents is 2. The first-order valence-corrected chi connectivity index (χ1v) is 7.14. The van der Waals surface area contributed by atoms with Gasteiger partial charge in [0.05, 0.1) is 9.85 Å². The molecule has 130 valence electrons. The number of nitrogens with one attached hydrogen (secondary N) is 1. The molecule has 3 aromatic rings. The molecule has 0 spiro atoms. The summed E-state index contributed by atoms with van der Waals surface area (Å²) in [6.07, 6.45) is 0. The molecule has 0 saturated carbocycles. The van der Waals surface area contributed by atoms with E-state index >= 15 is 0 Å². The van der Waals surface area contributed by atoms with Gasteiger partial charge in [-0.05, 0) is 18.2 Å². The highest BCUT2D eigenvalue weighted by Crippen LogP contribution is 2.25. The van der Waals surface area contributed by atoms with E-state index in [0.29, 0.717) is 0 Å². The van der Waals surface area contributed by atoms with Crippen molar-refractivity contribution in [2.75, 3.05) is 5.32 Å². The Morgan fingerprint density at radius 3 is 2.31 bits per heavy atom. The van der Waals surface area contributed by atoms with Crippen LogP contribution in [-0.2, 0) is 0 Å². The smallest absolute Gasteiger partial charge is 0.360 e. The van der Waals surface area contributed by atoms with Crippen molar-refractivity contribution in [3.05, 3.63) is 84.7 Å². The van der Waals surface area contributed by atoms with E-state index in [1.807, 2.05) is 0 Å². The minimum Gasteiger partial charge on any atom is -0.414 e. The van der Waals surface area contributed by atoms with Crippen molar-refractivity contribution >= 4 is 33.9 Å². The number of benzene rings is 2. The molecular weight excluding hydrogens is 346 g/mol. The van der Waals surface area contributed by atoms with Crippen LogP contribution in [0, 0.1) is 20.2 Å². The summed E-state index contributed by atoms with van der Waals surface area (Å²) in [5.41, 5.74) is -1.82. The number of hydrogen-bond acceptors (Lipinski definition) is 7. The molecule has 0 aliphatic carbocycles. The summed E-state index contributed by atoms with van der Waals surface area (Å²) in [6.45, 7) is 0. The van der Waals surface area contributed by atoms with Crippen molar-refractivity contribution in [3.8, 4) is 0 Å². The van der Waals surface area contributed by atoms with E-state index in [9.17, 15) is 29.8 Å². The molecule has 0 radical (unpaired) electrons. The van der Waals surface area contributed by atoms with Crippen molar-refractivity contribution < 1.29 is 19.1 Å². The Kier molecular flexibility index (Phi) is 4.15. The number of rotatable bonds is 4. The summed E-state index contributed by atoms with van der Waals surface area (Å²) in [6, 6.07) is 10.2. The predicted molar refractivity (Wildman–Crippen MR) is 90.2 cm³/mol. The van der Waals surface area contributed by atoms with Gasteiger partial charge in [-0.15, -0.1) is 0 Å². The topological polar surface area (TPSA) is 146 Å². The molecule has 0 unspecified atom stereocenters. The fourth-order valence-corrected chi connectivity index (χ4v) is 2.29. The number of nitrogens with zero attached hydrogens (tertiary/aromatic N) is 2. The number of hydrogen-bond donors (Lipinski definition) is 1. The van der Waals surface area contributed by atoms with Crippen LogP contribution < -0.4 is 10.9 Å². The minimum atomic E-state index is -0.956. The van der Waals surface area contributed by atoms with Gasteiger partial charge in [-0.25, -0.2) is 4.79 Å². The number of amides is 1.